The summed E-state index contributed by atoms with van der Waals surface area (Å²) in [4.78, 5) is 16.5. The van der Waals surface area contributed by atoms with E-state index in [0.29, 0.717) is 24.0 Å². The van der Waals surface area contributed by atoms with Crippen LogP contribution in [0.5, 0.6) is 11.5 Å². The molecule has 0 fully saturated rings. The Balaban J connectivity index is 1.89. The van der Waals surface area contributed by atoms with Gasteiger partial charge in [0.2, 0.25) is 5.90 Å². The van der Waals surface area contributed by atoms with Crippen molar-refractivity contribution in [1.29, 1.82) is 0 Å². The van der Waals surface area contributed by atoms with E-state index >= 15 is 0 Å². The number of aliphatic imine (C=N–C) groups is 1. The van der Waals surface area contributed by atoms with Gasteiger partial charge in [0.25, 0.3) is 0 Å². The monoisotopic (exact) mass is 351 g/mol. The maximum Gasteiger partial charge on any atom is 0.363 e. The number of nitrogens with zero attached hydrogens (tertiary/aromatic N) is 1. The van der Waals surface area contributed by atoms with Crippen molar-refractivity contribution in [1.82, 2.24) is 0 Å². The Morgan fingerprint density at radius 2 is 1.88 bits per heavy atom. The summed E-state index contributed by atoms with van der Waals surface area (Å²) >= 11 is 0. The van der Waals surface area contributed by atoms with E-state index in [9.17, 15) is 4.79 Å². The number of cyclic esters (lactones) is 1. The van der Waals surface area contributed by atoms with Crippen LogP contribution in [0.4, 0.5) is 0 Å². The zero-order chi connectivity index (χ0) is 18.5. The molecule has 1 heterocycles. The van der Waals surface area contributed by atoms with Crippen LogP contribution in [-0.4, -0.2) is 25.6 Å². The Morgan fingerprint density at radius 3 is 2.58 bits per heavy atom. The van der Waals surface area contributed by atoms with Crippen LogP contribution in [0.2, 0.25) is 0 Å². The fourth-order valence-corrected chi connectivity index (χ4v) is 2.49. The topological polar surface area (TPSA) is 57.1 Å². The molecule has 3 rings (SSSR count). The minimum Gasteiger partial charge on any atom is -0.493 e. The third kappa shape index (κ3) is 3.94. The highest BCUT2D eigenvalue weighted by Gasteiger charge is 2.24. The summed E-state index contributed by atoms with van der Waals surface area (Å²) in [6.07, 6.45) is 2.58. The van der Waals surface area contributed by atoms with Crippen molar-refractivity contribution in [3.63, 3.8) is 0 Å². The van der Waals surface area contributed by atoms with Gasteiger partial charge in [0, 0.05) is 5.56 Å². The molecule has 1 aliphatic rings. The maximum atomic E-state index is 12.1. The van der Waals surface area contributed by atoms with E-state index in [-0.39, 0.29) is 5.70 Å². The second kappa shape index (κ2) is 7.87. The smallest absolute Gasteiger partial charge is 0.363 e. The van der Waals surface area contributed by atoms with Crippen molar-refractivity contribution in [2.24, 2.45) is 4.99 Å². The van der Waals surface area contributed by atoms with Gasteiger partial charge in [0.15, 0.2) is 17.2 Å². The van der Waals surface area contributed by atoms with Gasteiger partial charge in [-0.15, -0.1) is 0 Å². The molecule has 2 aromatic rings. The van der Waals surface area contributed by atoms with E-state index in [0.717, 1.165) is 23.1 Å². The predicted molar refractivity (Wildman–Crippen MR) is 101 cm³/mol. The third-order valence-electron chi connectivity index (χ3n) is 3.87. The number of benzene rings is 2. The van der Waals surface area contributed by atoms with Crippen molar-refractivity contribution >= 4 is 17.9 Å². The van der Waals surface area contributed by atoms with E-state index in [4.69, 9.17) is 14.2 Å². The number of ether oxygens (including phenoxy) is 3. The minimum atomic E-state index is -0.465. The summed E-state index contributed by atoms with van der Waals surface area (Å²) in [7, 11) is 1.60. The second-order valence-electron chi connectivity index (χ2n) is 5.96. The number of hydrogen-bond acceptors (Lipinski definition) is 5. The Labute approximate surface area is 152 Å². The number of carbonyl (C=O) groups is 1. The molecular formula is C21H21NO4. The number of rotatable bonds is 6. The maximum absolute atomic E-state index is 12.1. The van der Waals surface area contributed by atoms with Crippen LogP contribution in [0.3, 0.4) is 0 Å². The molecule has 134 valence electrons. The molecule has 0 unspecified atom stereocenters. The number of methoxy groups -OCH3 is 1. The molecule has 0 radical (unpaired) electrons. The molecule has 1 aliphatic heterocycles. The van der Waals surface area contributed by atoms with E-state index in [1.165, 1.54) is 0 Å². The Bertz CT molecular complexity index is 866. The van der Waals surface area contributed by atoms with Gasteiger partial charge in [0.05, 0.1) is 13.7 Å². The first-order valence-corrected chi connectivity index (χ1v) is 8.51. The predicted octanol–water partition coefficient (Wildman–Crippen LogP) is 4.14. The lowest BCUT2D eigenvalue weighted by molar-refractivity contribution is -0.129. The highest BCUT2D eigenvalue weighted by Crippen LogP contribution is 2.30. The van der Waals surface area contributed by atoms with E-state index in [1.54, 1.807) is 13.2 Å². The van der Waals surface area contributed by atoms with E-state index in [2.05, 4.69) is 4.99 Å². The zero-order valence-corrected chi connectivity index (χ0v) is 15.1. The van der Waals surface area contributed by atoms with Gasteiger partial charge in [-0.3, -0.25) is 0 Å². The van der Waals surface area contributed by atoms with Crippen LogP contribution in [0.15, 0.2) is 53.2 Å². The lowest BCUT2D eigenvalue weighted by Gasteiger charge is -2.10. The van der Waals surface area contributed by atoms with Gasteiger partial charge in [-0.1, -0.05) is 30.7 Å². The molecule has 0 saturated heterocycles. The zero-order valence-electron chi connectivity index (χ0n) is 15.1. The molecule has 26 heavy (non-hydrogen) atoms. The average Bonchev–Trinajstić information content (AvgIpc) is 3.01. The standard InChI is InChI=1S/C21H21NO4/c1-4-11-25-19-13-15(7-10-18(19)24-3)12-17-21(23)26-20(22-17)16-8-5-14(2)6-9-16/h5-10,12-13H,4,11H2,1-3H3/b17-12-. The molecule has 0 bridgehead atoms. The largest absolute Gasteiger partial charge is 0.493 e. The van der Waals surface area contributed by atoms with E-state index < -0.39 is 5.97 Å². The van der Waals surface area contributed by atoms with Crippen LogP contribution < -0.4 is 9.47 Å². The molecular weight excluding hydrogens is 330 g/mol. The molecule has 0 spiro atoms. The van der Waals surface area contributed by atoms with Crippen molar-refractivity contribution in [2.45, 2.75) is 20.3 Å². The van der Waals surface area contributed by atoms with Crippen molar-refractivity contribution in [3.05, 3.63) is 64.9 Å². The third-order valence-corrected chi connectivity index (χ3v) is 3.87. The van der Waals surface area contributed by atoms with Crippen molar-refractivity contribution in [3.8, 4) is 11.5 Å². The van der Waals surface area contributed by atoms with Crippen LogP contribution in [0.25, 0.3) is 6.08 Å². The first kappa shape index (κ1) is 17.7. The Kier molecular flexibility index (Phi) is 5.37. The number of esters is 1. The highest BCUT2D eigenvalue weighted by molar-refractivity contribution is 6.12. The minimum absolute atomic E-state index is 0.257. The molecule has 0 aromatic heterocycles. The second-order valence-corrected chi connectivity index (χ2v) is 5.96. The summed E-state index contributed by atoms with van der Waals surface area (Å²) in [5.74, 6) is 1.14. The number of carbonyl (C=O) groups excluding carboxylic acids is 1. The first-order chi connectivity index (χ1) is 12.6. The van der Waals surface area contributed by atoms with Crippen LogP contribution in [0, 0.1) is 6.92 Å². The number of aryl methyl sites for hydroxylation is 1. The summed E-state index contributed by atoms with van der Waals surface area (Å²) in [5.41, 5.74) is 2.95. The van der Waals surface area contributed by atoms with Gasteiger partial charge in [-0.05, 0) is 49.2 Å². The fraction of sp³-hybridized carbons (Fsp3) is 0.238. The highest BCUT2D eigenvalue weighted by atomic mass is 16.6. The van der Waals surface area contributed by atoms with Gasteiger partial charge >= 0.3 is 5.97 Å². The Hall–Kier alpha value is -3.08. The molecule has 5 heteroatoms. The van der Waals surface area contributed by atoms with Gasteiger partial charge < -0.3 is 14.2 Å². The van der Waals surface area contributed by atoms with Crippen LogP contribution in [-0.2, 0) is 9.53 Å². The normalized spacial score (nSPS) is 15.0. The quantitative estimate of drug-likeness (QED) is 0.580. The van der Waals surface area contributed by atoms with Crippen molar-refractivity contribution < 1.29 is 19.0 Å². The summed E-state index contributed by atoms with van der Waals surface area (Å²) in [5, 5.41) is 0. The lowest BCUT2D eigenvalue weighted by atomic mass is 10.1. The van der Waals surface area contributed by atoms with Crippen molar-refractivity contribution in [2.75, 3.05) is 13.7 Å². The fourth-order valence-electron chi connectivity index (χ4n) is 2.49. The van der Waals surface area contributed by atoms with Gasteiger partial charge in [-0.2, -0.15) is 0 Å². The number of hydrogen-bond donors (Lipinski definition) is 0. The van der Waals surface area contributed by atoms with Gasteiger partial charge in [0.1, 0.15) is 0 Å². The molecule has 0 N–H and O–H groups in total. The summed E-state index contributed by atoms with van der Waals surface area (Å²) in [6, 6.07) is 13.2. The molecule has 0 aliphatic carbocycles. The van der Waals surface area contributed by atoms with Crippen LogP contribution in [0.1, 0.15) is 30.0 Å². The molecule has 0 atom stereocenters. The van der Waals surface area contributed by atoms with E-state index in [1.807, 2.05) is 56.3 Å². The molecule has 5 nitrogen and oxygen atoms in total. The molecule has 2 aromatic carbocycles. The first-order valence-electron chi connectivity index (χ1n) is 8.51. The summed E-state index contributed by atoms with van der Waals surface area (Å²) in [6.45, 7) is 4.63. The molecule has 0 amide bonds. The molecule has 0 saturated carbocycles. The summed E-state index contributed by atoms with van der Waals surface area (Å²) < 4.78 is 16.3. The van der Waals surface area contributed by atoms with Gasteiger partial charge in [-0.25, -0.2) is 9.79 Å². The average molecular weight is 351 g/mol. The Morgan fingerprint density at radius 1 is 1.12 bits per heavy atom. The lowest BCUT2D eigenvalue weighted by Crippen LogP contribution is -2.05. The van der Waals surface area contributed by atoms with Crippen LogP contribution >= 0.6 is 0 Å². The SMILES string of the molecule is CCCOc1cc(/C=C2\N=C(c3ccc(C)cc3)OC2=O)ccc1OC.